The fourth-order valence-corrected chi connectivity index (χ4v) is 4.30. The summed E-state index contributed by atoms with van der Waals surface area (Å²) in [5.74, 6) is -2.10. The predicted molar refractivity (Wildman–Crippen MR) is 151 cm³/mol. The lowest BCUT2D eigenvalue weighted by molar-refractivity contribution is -0.120. The van der Waals surface area contributed by atoms with Gasteiger partial charge < -0.3 is 15.4 Å². The number of nitrogens with zero attached hydrogens (tertiary/aromatic N) is 1. The lowest BCUT2D eigenvalue weighted by Crippen LogP contribution is -2.32. The van der Waals surface area contributed by atoms with Crippen LogP contribution < -0.4 is 15.5 Å². The number of aryl methyl sites for hydroxylation is 2. The molecule has 0 aliphatic carbocycles. The van der Waals surface area contributed by atoms with E-state index in [1.54, 1.807) is 48.5 Å². The minimum Gasteiger partial charge on any atom is -0.462 e. The van der Waals surface area contributed by atoms with Gasteiger partial charge in [0.15, 0.2) is 0 Å². The van der Waals surface area contributed by atoms with Gasteiger partial charge in [-0.25, -0.2) is 9.69 Å². The standard InChI is InChI=1S/C30H28ClN3O5/c1-4-5-14-39-30(38)21-9-7-11-23(17-21)33-27(35)20-8-6-10-22(16-20)32-26-25(31)28(36)34(29(26)37)24-13-12-18(2)15-19(24)3/h6-13,15-17,32H,4-5,14H2,1-3H3,(H,33,35). The van der Waals surface area contributed by atoms with Crippen LogP contribution in [0, 0.1) is 13.8 Å². The molecule has 9 heteroatoms. The number of imide groups is 1. The number of carbonyl (C=O) groups is 4. The van der Waals surface area contributed by atoms with Crippen molar-refractivity contribution >= 4 is 52.4 Å². The molecule has 1 aliphatic rings. The first kappa shape index (κ1) is 27.6. The average molecular weight is 546 g/mol. The second-order valence-corrected chi connectivity index (χ2v) is 9.53. The third kappa shape index (κ3) is 6.18. The molecule has 8 nitrogen and oxygen atoms in total. The van der Waals surface area contributed by atoms with Gasteiger partial charge in [0.25, 0.3) is 17.7 Å². The molecule has 1 heterocycles. The van der Waals surface area contributed by atoms with Crippen LogP contribution in [0.2, 0.25) is 0 Å². The second-order valence-electron chi connectivity index (χ2n) is 9.15. The smallest absolute Gasteiger partial charge is 0.338 e. The van der Waals surface area contributed by atoms with Crippen LogP contribution in [0.15, 0.2) is 77.5 Å². The van der Waals surface area contributed by atoms with Gasteiger partial charge in [0, 0.05) is 16.9 Å². The molecule has 0 bridgehead atoms. The molecule has 0 atom stereocenters. The molecule has 200 valence electrons. The average Bonchev–Trinajstić information content (AvgIpc) is 3.12. The highest BCUT2D eigenvalue weighted by molar-refractivity contribution is 6.53. The zero-order valence-corrected chi connectivity index (χ0v) is 22.6. The van der Waals surface area contributed by atoms with Gasteiger partial charge in [-0.05, 0) is 68.3 Å². The van der Waals surface area contributed by atoms with Crippen LogP contribution in [0.1, 0.15) is 51.6 Å². The zero-order valence-electron chi connectivity index (χ0n) is 21.8. The predicted octanol–water partition coefficient (Wildman–Crippen LogP) is 5.95. The summed E-state index contributed by atoms with van der Waals surface area (Å²) in [6, 6.07) is 18.3. The highest BCUT2D eigenvalue weighted by Crippen LogP contribution is 2.32. The van der Waals surface area contributed by atoms with Crippen LogP contribution in [0.25, 0.3) is 0 Å². The van der Waals surface area contributed by atoms with E-state index in [1.165, 1.54) is 6.07 Å². The Balaban J connectivity index is 1.48. The van der Waals surface area contributed by atoms with Crippen LogP contribution in [0.4, 0.5) is 17.1 Å². The first-order valence-electron chi connectivity index (χ1n) is 12.5. The number of carbonyl (C=O) groups excluding carboxylic acids is 4. The lowest BCUT2D eigenvalue weighted by atomic mass is 10.1. The molecule has 0 saturated carbocycles. The van der Waals surface area contributed by atoms with Crippen molar-refractivity contribution in [1.82, 2.24) is 0 Å². The second kappa shape index (κ2) is 12.0. The van der Waals surface area contributed by atoms with E-state index in [9.17, 15) is 19.2 Å². The van der Waals surface area contributed by atoms with Crippen molar-refractivity contribution in [3.8, 4) is 0 Å². The summed E-state index contributed by atoms with van der Waals surface area (Å²) in [6.07, 6.45) is 1.69. The van der Waals surface area contributed by atoms with Crippen LogP contribution >= 0.6 is 11.6 Å². The van der Waals surface area contributed by atoms with Crippen LogP contribution in [0.3, 0.4) is 0 Å². The van der Waals surface area contributed by atoms with Gasteiger partial charge in [-0.15, -0.1) is 0 Å². The molecule has 3 amide bonds. The monoisotopic (exact) mass is 545 g/mol. The Morgan fingerprint density at radius 1 is 0.897 bits per heavy atom. The number of esters is 1. The van der Waals surface area contributed by atoms with Gasteiger partial charge in [0.2, 0.25) is 0 Å². The number of benzene rings is 3. The molecular weight excluding hydrogens is 518 g/mol. The van der Waals surface area contributed by atoms with E-state index in [4.69, 9.17) is 16.3 Å². The number of hydrogen-bond donors (Lipinski definition) is 2. The number of halogens is 1. The fourth-order valence-electron chi connectivity index (χ4n) is 4.09. The van der Waals surface area contributed by atoms with Crippen molar-refractivity contribution in [2.45, 2.75) is 33.6 Å². The third-order valence-corrected chi connectivity index (χ3v) is 6.45. The molecule has 0 saturated heterocycles. The maximum Gasteiger partial charge on any atom is 0.338 e. The summed E-state index contributed by atoms with van der Waals surface area (Å²) in [4.78, 5) is 52.3. The van der Waals surface area contributed by atoms with Gasteiger partial charge in [-0.3, -0.25) is 14.4 Å². The molecule has 3 aromatic rings. The van der Waals surface area contributed by atoms with Crippen LogP contribution in [-0.4, -0.2) is 30.3 Å². The van der Waals surface area contributed by atoms with Gasteiger partial charge in [0.1, 0.15) is 10.7 Å². The van der Waals surface area contributed by atoms with Crippen molar-refractivity contribution in [2.75, 3.05) is 22.1 Å². The summed E-state index contributed by atoms with van der Waals surface area (Å²) in [5, 5.41) is 5.43. The normalized spacial score (nSPS) is 13.1. The van der Waals surface area contributed by atoms with Gasteiger partial charge >= 0.3 is 5.97 Å². The summed E-state index contributed by atoms with van der Waals surface area (Å²) < 4.78 is 5.23. The number of anilines is 3. The van der Waals surface area contributed by atoms with Crippen molar-refractivity contribution in [3.05, 3.63) is 99.7 Å². The Labute approximate surface area is 231 Å². The molecule has 0 radical (unpaired) electrons. The Bertz CT molecular complexity index is 1500. The molecule has 0 unspecified atom stereocenters. The number of hydrogen-bond acceptors (Lipinski definition) is 6. The minimum absolute atomic E-state index is 0.0755. The maximum absolute atomic E-state index is 13.2. The summed E-state index contributed by atoms with van der Waals surface area (Å²) in [7, 11) is 0. The molecule has 4 rings (SSSR count). The summed E-state index contributed by atoms with van der Waals surface area (Å²) >= 11 is 6.28. The largest absolute Gasteiger partial charge is 0.462 e. The molecular formula is C30H28ClN3O5. The van der Waals surface area contributed by atoms with Crippen LogP contribution in [0.5, 0.6) is 0 Å². The van der Waals surface area contributed by atoms with E-state index in [0.29, 0.717) is 29.2 Å². The Kier molecular flexibility index (Phi) is 8.46. The molecule has 3 aromatic carbocycles. The number of amides is 3. The third-order valence-electron chi connectivity index (χ3n) is 6.10. The lowest BCUT2D eigenvalue weighted by Gasteiger charge is -2.18. The number of unbranched alkanes of at least 4 members (excludes halogenated alkanes) is 1. The molecule has 0 spiro atoms. The number of rotatable bonds is 9. The summed E-state index contributed by atoms with van der Waals surface area (Å²) in [6.45, 7) is 6.08. The molecule has 39 heavy (non-hydrogen) atoms. The molecule has 1 aliphatic heterocycles. The topological polar surface area (TPSA) is 105 Å². The van der Waals surface area contributed by atoms with E-state index in [0.717, 1.165) is 28.9 Å². The fraction of sp³-hybridized carbons (Fsp3) is 0.200. The van der Waals surface area contributed by atoms with E-state index in [2.05, 4.69) is 10.6 Å². The van der Waals surface area contributed by atoms with Gasteiger partial charge in [-0.2, -0.15) is 0 Å². The maximum atomic E-state index is 13.2. The van der Waals surface area contributed by atoms with E-state index >= 15 is 0 Å². The van der Waals surface area contributed by atoms with Crippen molar-refractivity contribution < 1.29 is 23.9 Å². The van der Waals surface area contributed by atoms with Crippen molar-refractivity contribution in [3.63, 3.8) is 0 Å². The minimum atomic E-state index is -0.627. The molecule has 2 N–H and O–H groups in total. The summed E-state index contributed by atoms with van der Waals surface area (Å²) in [5.41, 5.74) is 3.58. The van der Waals surface area contributed by atoms with E-state index < -0.39 is 23.7 Å². The number of nitrogens with one attached hydrogen (secondary N) is 2. The molecule has 0 fully saturated rings. The quantitative estimate of drug-likeness (QED) is 0.196. The van der Waals surface area contributed by atoms with Gasteiger partial charge in [0.05, 0.1) is 17.9 Å². The highest BCUT2D eigenvalue weighted by Gasteiger charge is 2.39. The first-order chi connectivity index (χ1) is 18.7. The van der Waals surface area contributed by atoms with Crippen molar-refractivity contribution in [2.24, 2.45) is 0 Å². The van der Waals surface area contributed by atoms with Crippen LogP contribution in [-0.2, 0) is 14.3 Å². The number of ether oxygens (including phenoxy) is 1. The van der Waals surface area contributed by atoms with Gasteiger partial charge in [-0.1, -0.05) is 54.8 Å². The van der Waals surface area contributed by atoms with E-state index in [1.807, 2.05) is 32.9 Å². The Hall–Kier alpha value is -4.43. The Morgan fingerprint density at radius 2 is 1.59 bits per heavy atom. The van der Waals surface area contributed by atoms with E-state index in [-0.39, 0.29) is 16.3 Å². The zero-order chi connectivity index (χ0) is 28.1. The van der Waals surface area contributed by atoms with Crippen molar-refractivity contribution in [1.29, 1.82) is 0 Å². The Morgan fingerprint density at radius 3 is 2.31 bits per heavy atom. The first-order valence-corrected chi connectivity index (χ1v) is 12.9. The highest BCUT2D eigenvalue weighted by atomic mass is 35.5. The molecule has 0 aromatic heterocycles. The SMILES string of the molecule is CCCCOC(=O)c1cccc(NC(=O)c2cccc(NC3=C(Cl)C(=O)N(c4ccc(C)cc4C)C3=O)c2)c1.